The molecule has 0 radical (unpaired) electrons. The number of carbonyl (C=O) groups excluding carboxylic acids is 1. The van der Waals surface area contributed by atoms with Gasteiger partial charge in [-0.3, -0.25) is 14.9 Å². The minimum atomic E-state index is -0.791. The molecule has 1 saturated carbocycles. The molecule has 2 aliphatic carbocycles. The van der Waals surface area contributed by atoms with Crippen molar-refractivity contribution < 1.29 is 14.8 Å². The summed E-state index contributed by atoms with van der Waals surface area (Å²) in [5.74, 6) is 0.110. The summed E-state index contributed by atoms with van der Waals surface area (Å²) < 4.78 is 0. The van der Waals surface area contributed by atoms with Crippen LogP contribution in [0.4, 0.5) is 5.69 Å². The van der Waals surface area contributed by atoms with Crippen molar-refractivity contribution in [3.8, 4) is 0 Å². The van der Waals surface area contributed by atoms with Crippen LogP contribution in [0.25, 0.3) is 0 Å². The topological polar surface area (TPSA) is 80.4 Å². The zero-order valence-corrected chi connectivity index (χ0v) is 14.1. The summed E-state index contributed by atoms with van der Waals surface area (Å²) in [5.41, 5.74) is 0.382. The van der Waals surface area contributed by atoms with Crippen molar-refractivity contribution in [2.45, 2.75) is 52.1 Å². The smallest absolute Gasteiger partial charge is 0.272 e. The van der Waals surface area contributed by atoms with Crippen molar-refractivity contribution in [3.05, 3.63) is 51.6 Å². The SMILES string of the molecule is CC1(Cc2ccccc2[N+](=O)[O-])C(=O)CC[C@@]2(C)C1=CCC[C@@H]2O. The van der Waals surface area contributed by atoms with Crippen molar-refractivity contribution >= 4 is 11.5 Å². The molecule has 0 amide bonds. The van der Waals surface area contributed by atoms with Gasteiger partial charge < -0.3 is 5.11 Å². The summed E-state index contributed by atoms with van der Waals surface area (Å²) in [4.78, 5) is 23.7. The van der Waals surface area contributed by atoms with Crippen molar-refractivity contribution in [1.82, 2.24) is 0 Å². The van der Waals surface area contributed by atoms with E-state index >= 15 is 0 Å². The first-order chi connectivity index (χ1) is 11.3. The lowest BCUT2D eigenvalue weighted by molar-refractivity contribution is -0.385. The lowest BCUT2D eigenvalue weighted by Gasteiger charge is -2.50. The molecule has 0 spiro atoms. The number of para-hydroxylation sites is 1. The van der Waals surface area contributed by atoms with Gasteiger partial charge in [-0.1, -0.05) is 36.8 Å². The second-order valence-electron chi connectivity index (χ2n) is 7.45. The Bertz CT molecular complexity index is 726. The predicted molar refractivity (Wildman–Crippen MR) is 90.6 cm³/mol. The Morgan fingerprint density at radius 2 is 2.04 bits per heavy atom. The maximum atomic E-state index is 12.8. The van der Waals surface area contributed by atoms with Gasteiger partial charge in [0.15, 0.2) is 0 Å². The molecule has 2 aliphatic rings. The number of carbonyl (C=O) groups is 1. The molecule has 5 heteroatoms. The van der Waals surface area contributed by atoms with Crippen LogP contribution in [0.2, 0.25) is 0 Å². The Morgan fingerprint density at radius 1 is 1.33 bits per heavy atom. The highest BCUT2D eigenvalue weighted by atomic mass is 16.6. The number of ketones is 1. The number of nitro groups is 1. The van der Waals surface area contributed by atoms with Gasteiger partial charge in [0.25, 0.3) is 5.69 Å². The normalized spacial score (nSPS) is 32.9. The molecule has 0 aromatic heterocycles. The number of aliphatic hydroxyl groups excluding tert-OH is 1. The van der Waals surface area contributed by atoms with Gasteiger partial charge in [-0.2, -0.15) is 0 Å². The lowest BCUT2D eigenvalue weighted by atomic mass is 9.53. The van der Waals surface area contributed by atoms with E-state index < -0.39 is 21.9 Å². The molecule has 5 nitrogen and oxygen atoms in total. The fourth-order valence-electron chi connectivity index (χ4n) is 4.49. The van der Waals surface area contributed by atoms with E-state index in [-0.39, 0.29) is 11.5 Å². The van der Waals surface area contributed by atoms with Crippen molar-refractivity contribution in [2.75, 3.05) is 0 Å². The summed E-state index contributed by atoms with van der Waals surface area (Å²) >= 11 is 0. The minimum Gasteiger partial charge on any atom is -0.392 e. The predicted octanol–water partition coefficient (Wildman–Crippen LogP) is 3.59. The zero-order valence-electron chi connectivity index (χ0n) is 14.1. The number of Topliss-reactive ketones (excluding diaryl/α,β-unsaturated/α-hetero) is 1. The van der Waals surface area contributed by atoms with Gasteiger partial charge in [-0.15, -0.1) is 0 Å². The molecule has 0 heterocycles. The van der Waals surface area contributed by atoms with Gasteiger partial charge in [0.05, 0.1) is 16.4 Å². The van der Waals surface area contributed by atoms with Crippen LogP contribution in [-0.4, -0.2) is 21.9 Å². The van der Waals surface area contributed by atoms with Crippen LogP contribution in [0.15, 0.2) is 35.9 Å². The molecule has 1 N–H and O–H groups in total. The van der Waals surface area contributed by atoms with E-state index in [0.717, 1.165) is 12.0 Å². The summed E-state index contributed by atoms with van der Waals surface area (Å²) in [6.45, 7) is 3.90. The van der Waals surface area contributed by atoms with Crippen LogP contribution >= 0.6 is 0 Å². The summed E-state index contributed by atoms with van der Waals surface area (Å²) in [6.07, 6.45) is 4.42. The first-order valence-corrected chi connectivity index (χ1v) is 8.44. The van der Waals surface area contributed by atoms with E-state index in [4.69, 9.17) is 0 Å². The molecular weight excluding hydrogens is 306 g/mol. The van der Waals surface area contributed by atoms with Gasteiger partial charge in [0, 0.05) is 23.5 Å². The van der Waals surface area contributed by atoms with Crippen LogP contribution in [0.5, 0.6) is 0 Å². The Labute approximate surface area is 141 Å². The third kappa shape index (κ3) is 2.47. The number of fused-ring (bicyclic) bond motifs is 1. The molecule has 3 rings (SSSR count). The number of aliphatic hydroxyl groups is 1. The third-order valence-corrected chi connectivity index (χ3v) is 5.95. The lowest BCUT2D eigenvalue weighted by Crippen LogP contribution is -2.50. The Kier molecular flexibility index (Phi) is 4.08. The quantitative estimate of drug-likeness (QED) is 0.522. The fraction of sp³-hybridized carbons (Fsp3) is 0.526. The van der Waals surface area contributed by atoms with Crippen molar-refractivity contribution in [1.29, 1.82) is 0 Å². The molecule has 1 aromatic carbocycles. The minimum absolute atomic E-state index is 0.0516. The van der Waals surface area contributed by atoms with Gasteiger partial charge in [0.1, 0.15) is 5.78 Å². The number of benzene rings is 1. The first-order valence-electron chi connectivity index (χ1n) is 8.44. The van der Waals surface area contributed by atoms with Crippen molar-refractivity contribution in [2.24, 2.45) is 10.8 Å². The Morgan fingerprint density at radius 3 is 2.75 bits per heavy atom. The van der Waals surface area contributed by atoms with Crippen LogP contribution in [0.1, 0.15) is 45.1 Å². The molecule has 0 bridgehead atoms. The molecule has 3 atom stereocenters. The molecule has 1 aromatic rings. The first kappa shape index (κ1) is 16.8. The van der Waals surface area contributed by atoms with Gasteiger partial charge in [0.2, 0.25) is 0 Å². The summed E-state index contributed by atoms with van der Waals surface area (Å²) in [5, 5.41) is 21.8. The average molecular weight is 329 g/mol. The van der Waals surface area contributed by atoms with Crippen molar-refractivity contribution in [3.63, 3.8) is 0 Å². The molecule has 1 unspecified atom stereocenters. The molecule has 128 valence electrons. The van der Waals surface area contributed by atoms with E-state index in [1.807, 2.05) is 13.8 Å². The van der Waals surface area contributed by atoms with Gasteiger partial charge in [-0.25, -0.2) is 0 Å². The Balaban J connectivity index is 2.06. The summed E-state index contributed by atoms with van der Waals surface area (Å²) in [7, 11) is 0. The molecule has 0 aliphatic heterocycles. The Hall–Kier alpha value is -2.01. The standard InChI is InChI=1S/C19H23NO4/c1-18-11-10-17(22)19(2,15(18)8-5-9-16(18)21)12-13-6-3-4-7-14(13)20(23)24/h3-4,6-8,16,21H,5,9-12H2,1-2H3/t16-,18-,19?/m0/s1. The van der Waals surface area contributed by atoms with Crippen LogP contribution < -0.4 is 0 Å². The third-order valence-electron chi connectivity index (χ3n) is 5.95. The second kappa shape index (κ2) is 5.81. The number of nitrogens with zero attached hydrogens (tertiary/aromatic N) is 1. The maximum absolute atomic E-state index is 12.8. The molecule has 0 saturated heterocycles. The van der Waals surface area contributed by atoms with Gasteiger partial charge in [-0.05, 0) is 32.6 Å². The van der Waals surface area contributed by atoms with Gasteiger partial charge >= 0.3 is 0 Å². The number of allylic oxidation sites excluding steroid dienone is 1. The highest BCUT2D eigenvalue weighted by Crippen LogP contribution is 2.55. The van der Waals surface area contributed by atoms with E-state index in [1.165, 1.54) is 6.07 Å². The number of hydrogen-bond donors (Lipinski definition) is 1. The molecule has 24 heavy (non-hydrogen) atoms. The highest BCUT2D eigenvalue weighted by Gasteiger charge is 2.53. The van der Waals surface area contributed by atoms with E-state index in [0.29, 0.717) is 31.2 Å². The number of nitro benzene ring substituents is 1. The van der Waals surface area contributed by atoms with E-state index in [1.54, 1.807) is 18.2 Å². The fourth-order valence-corrected chi connectivity index (χ4v) is 4.49. The zero-order chi connectivity index (χ0) is 17.5. The highest BCUT2D eigenvalue weighted by molar-refractivity contribution is 5.90. The number of rotatable bonds is 3. The largest absolute Gasteiger partial charge is 0.392 e. The average Bonchev–Trinajstić information content (AvgIpc) is 2.54. The number of hydrogen-bond acceptors (Lipinski definition) is 4. The van der Waals surface area contributed by atoms with Crippen LogP contribution in [-0.2, 0) is 11.2 Å². The summed E-state index contributed by atoms with van der Waals surface area (Å²) in [6, 6.07) is 6.61. The second-order valence-corrected chi connectivity index (χ2v) is 7.45. The molecular formula is C19H23NO4. The van der Waals surface area contributed by atoms with E-state index in [9.17, 15) is 20.0 Å². The maximum Gasteiger partial charge on any atom is 0.272 e. The monoisotopic (exact) mass is 329 g/mol. The van der Waals surface area contributed by atoms with Crippen LogP contribution in [0, 0.1) is 20.9 Å². The molecule has 1 fully saturated rings. The van der Waals surface area contributed by atoms with E-state index in [2.05, 4.69) is 6.08 Å². The van der Waals surface area contributed by atoms with Crippen LogP contribution in [0.3, 0.4) is 0 Å².